The van der Waals surface area contributed by atoms with Gasteiger partial charge in [0.25, 0.3) is 5.69 Å². The Kier molecular flexibility index (Phi) is 4.73. The molecule has 0 aromatic heterocycles. The smallest absolute Gasteiger partial charge is 0.287 e. The molecule has 0 amide bonds. The molecule has 0 radical (unpaired) electrons. The Morgan fingerprint density at radius 1 is 1.42 bits per heavy atom. The van der Waals surface area contributed by atoms with Crippen LogP contribution in [0.2, 0.25) is 0 Å². The summed E-state index contributed by atoms with van der Waals surface area (Å²) in [5.74, 6) is 1.32. The molecule has 1 saturated carbocycles. The van der Waals surface area contributed by atoms with Crippen molar-refractivity contribution in [2.75, 3.05) is 12.4 Å². The van der Waals surface area contributed by atoms with E-state index in [1.165, 1.54) is 18.9 Å². The van der Waals surface area contributed by atoms with Gasteiger partial charge >= 0.3 is 0 Å². The molecule has 0 saturated heterocycles. The second-order valence-electron chi connectivity index (χ2n) is 5.00. The van der Waals surface area contributed by atoms with Crippen molar-refractivity contribution in [1.82, 2.24) is 0 Å². The van der Waals surface area contributed by atoms with Crippen LogP contribution >= 0.6 is 28.6 Å². The number of nitro benzene ring substituents is 1. The first-order chi connectivity index (χ1) is 9.08. The maximum atomic E-state index is 10.9. The maximum Gasteiger partial charge on any atom is 0.287 e. The van der Waals surface area contributed by atoms with E-state index < -0.39 is 4.92 Å². The lowest BCUT2D eigenvalue weighted by Gasteiger charge is -2.26. The second kappa shape index (κ2) is 6.13. The Morgan fingerprint density at radius 2 is 2.11 bits per heavy atom. The molecule has 19 heavy (non-hydrogen) atoms. The molecular weight excluding hydrogens is 330 g/mol. The van der Waals surface area contributed by atoms with E-state index in [0.717, 1.165) is 18.6 Å². The predicted octanol–water partition coefficient (Wildman–Crippen LogP) is 4.23. The Bertz CT molecular complexity index is 475. The molecule has 0 aliphatic heterocycles. The highest BCUT2D eigenvalue weighted by Crippen LogP contribution is 2.41. The molecule has 4 nitrogen and oxygen atoms in total. The van der Waals surface area contributed by atoms with Gasteiger partial charge in [0.2, 0.25) is 0 Å². The van der Waals surface area contributed by atoms with Crippen LogP contribution in [0.1, 0.15) is 25.7 Å². The maximum absolute atomic E-state index is 10.9. The fourth-order valence-electron chi connectivity index (χ4n) is 2.46. The van der Waals surface area contributed by atoms with Crippen molar-refractivity contribution in [1.29, 1.82) is 0 Å². The van der Waals surface area contributed by atoms with Gasteiger partial charge in [-0.25, -0.2) is 0 Å². The topological polar surface area (TPSA) is 52.4 Å². The van der Waals surface area contributed by atoms with Crippen molar-refractivity contribution in [2.24, 2.45) is 5.41 Å². The van der Waals surface area contributed by atoms with E-state index >= 15 is 0 Å². The van der Waals surface area contributed by atoms with Gasteiger partial charge in [0.05, 0.1) is 11.5 Å². The van der Waals surface area contributed by atoms with Gasteiger partial charge in [0, 0.05) is 11.5 Å². The predicted molar refractivity (Wildman–Crippen MR) is 81.0 cm³/mol. The molecule has 0 unspecified atom stereocenters. The average molecular weight is 346 g/mol. The van der Waals surface area contributed by atoms with Crippen LogP contribution < -0.4 is 4.74 Å². The summed E-state index contributed by atoms with van der Waals surface area (Å²) < 4.78 is 6.22. The molecule has 1 aliphatic carbocycles. The number of ether oxygens (including phenoxy) is 1. The van der Waals surface area contributed by atoms with Crippen molar-refractivity contribution in [2.45, 2.75) is 25.7 Å². The molecule has 1 aliphatic rings. The van der Waals surface area contributed by atoms with Gasteiger partial charge in [-0.1, -0.05) is 18.9 Å². The summed E-state index contributed by atoms with van der Waals surface area (Å²) in [6.07, 6.45) is 4.64. The van der Waals surface area contributed by atoms with Crippen molar-refractivity contribution in [3.63, 3.8) is 0 Å². The summed E-state index contributed by atoms with van der Waals surface area (Å²) in [6.45, 7) is 0.566. The first kappa shape index (κ1) is 14.7. The molecule has 2 rings (SSSR count). The largest absolute Gasteiger partial charge is 0.492 e. The Hall–Kier alpha value is -0.750. The zero-order valence-electron chi connectivity index (χ0n) is 10.5. The van der Waals surface area contributed by atoms with Crippen LogP contribution in [0, 0.1) is 15.5 Å². The molecule has 1 aromatic carbocycles. The van der Waals surface area contributed by atoms with E-state index in [1.54, 1.807) is 12.1 Å². The standard InChI is InChI=1S/C13H16BrNO3S/c14-12-10(15(16)17)4-3-5-11(12)18-8-13(9-19)6-1-2-7-13/h3-5,19H,1-2,6-9H2. The number of hydrogen-bond donors (Lipinski definition) is 1. The SMILES string of the molecule is O=[N+]([O-])c1cccc(OCC2(CS)CCCC2)c1Br. The van der Waals surface area contributed by atoms with Gasteiger partial charge in [-0.05, 0) is 40.6 Å². The summed E-state index contributed by atoms with van der Waals surface area (Å²) in [5, 5.41) is 10.9. The average Bonchev–Trinajstić information content (AvgIpc) is 2.87. The van der Waals surface area contributed by atoms with E-state index in [0.29, 0.717) is 16.8 Å². The monoisotopic (exact) mass is 345 g/mol. The molecular formula is C13H16BrNO3S. The third kappa shape index (κ3) is 3.23. The quantitative estimate of drug-likeness (QED) is 0.493. The van der Waals surface area contributed by atoms with Crippen LogP contribution in [0.25, 0.3) is 0 Å². The lowest BCUT2D eigenvalue weighted by atomic mass is 9.90. The summed E-state index contributed by atoms with van der Waals surface area (Å²) in [4.78, 5) is 10.4. The summed E-state index contributed by atoms with van der Waals surface area (Å²) in [7, 11) is 0. The highest BCUT2D eigenvalue weighted by Gasteiger charge is 2.33. The molecule has 0 spiro atoms. The van der Waals surface area contributed by atoms with Crippen LogP contribution in [0.3, 0.4) is 0 Å². The van der Waals surface area contributed by atoms with Crippen molar-refractivity contribution < 1.29 is 9.66 Å². The van der Waals surface area contributed by atoms with E-state index in [9.17, 15) is 10.1 Å². The summed E-state index contributed by atoms with van der Waals surface area (Å²) in [6, 6.07) is 4.85. The zero-order chi connectivity index (χ0) is 13.9. The second-order valence-corrected chi connectivity index (χ2v) is 6.11. The first-order valence-electron chi connectivity index (χ1n) is 6.24. The van der Waals surface area contributed by atoms with E-state index in [4.69, 9.17) is 4.74 Å². The van der Waals surface area contributed by atoms with Gasteiger partial charge in [0.1, 0.15) is 10.2 Å². The van der Waals surface area contributed by atoms with Crippen molar-refractivity contribution >= 4 is 34.2 Å². The summed E-state index contributed by atoms with van der Waals surface area (Å²) in [5.41, 5.74) is 0.150. The van der Waals surface area contributed by atoms with E-state index in [1.807, 2.05) is 0 Å². The number of benzene rings is 1. The van der Waals surface area contributed by atoms with Gasteiger partial charge in [0.15, 0.2) is 0 Å². The van der Waals surface area contributed by atoms with Gasteiger partial charge in [-0.3, -0.25) is 10.1 Å². The molecule has 0 heterocycles. The molecule has 0 bridgehead atoms. The lowest BCUT2D eigenvalue weighted by molar-refractivity contribution is -0.385. The minimum atomic E-state index is -0.416. The molecule has 104 valence electrons. The van der Waals surface area contributed by atoms with E-state index in [2.05, 4.69) is 28.6 Å². The van der Waals surface area contributed by atoms with E-state index in [-0.39, 0.29) is 11.1 Å². The normalized spacial score (nSPS) is 17.4. The zero-order valence-corrected chi connectivity index (χ0v) is 13.0. The molecule has 6 heteroatoms. The number of hydrogen-bond acceptors (Lipinski definition) is 4. The first-order valence-corrected chi connectivity index (χ1v) is 7.67. The minimum Gasteiger partial charge on any atom is -0.492 e. The Morgan fingerprint density at radius 3 is 2.68 bits per heavy atom. The fraction of sp³-hybridized carbons (Fsp3) is 0.538. The number of nitrogens with zero attached hydrogens (tertiary/aromatic N) is 1. The lowest BCUT2D eigenvalue weighted by Crippen LogP contribution is -2.27. The minimum absolute atomic E-state index is 0.0313. The van der Waals surface area contributed by atoms with Crippen LogP contribution in [0.15, 0.2) is 22.7 Å². The number of rotatable bonds is 5. The third-order valence-electron chi connectivity index (χ3n) is 3.67. The summed E-state index contributed by atoms with van der Waals surface area (Å²) >= 11 is 7.67. The molecule has 0 N–H and O–H groups in total. The number of thiol groups is 1. The fourth-order valence-corrected chi connectivity index (χ4v) is 3.39. The molecule has 1 fully saturated rings. The van der Waals surface area contributed by atoms with Crippen LogP contribution in [-0.4, -0.2) is 17.3 Å². The van der Waals surface area contributed by atoms with Crippen LogP contribution in [-0.2, 0) is 0 Å². The van der Waals surface area contributed by atoms with Crippen molar-refractivity contribution in [3.05, 3.63) is 32.8 Å². The van der Waals surface area contributed by atoms with Gasteiger partial charge < -0.3 is 4.74 Å². The molecule has 0 atom stereocenters. The van der Waals surface area contributed by atoms with Crippen LogP contribution in [0.5, 0.6) is 5.75 Å². The highest BCUT2D eigenvalue weighted by atomic mass is 79.9. The Balaban J connectivity index is 2.11. The Labute approximate surface area is 126 Å². The number of halogens is 1. The third-order valence-corrected chi connectivity index (χ3v) is 5.14. The van der Waals surface area contributed by atoms with Gasteiger partial charge in [-0.15, -0.1) is 0 Å². The van der Waals surface area contributed by atoms with Gasteiger partial charge in [-0.2, -0.15) is 12.6 Å². The molecule has 1 aromatic rings. The van der Waals surface area contributed by atoms with Crippen molar-refractivity contribution in [3.8, 4) is 5.75 Å². The highest BCUT2D eigenvalue weighted by molar-refractivity contribution is 9.10. The van der Waals surface area contributed by atoms with Crippen LogP contribution in [0.4, 0.5) is 5.69 Å². The number of nitro groups is 1.